The second-order valence-electron chi connectivity index (χ2n) is 5.62. The highest BCUT2D eigenvalue weighted by Crippen LogP contribution is 2.26. The lowest BCUT2D eigenvalue weighted by Crippen LogP contribution is -2.17. The summed E-state index contributed by atoms with van der Waals surface area (Å²) in [6.45, 7) is 5.41. The van der Waals surface area contributed by atoms with Gasteiger partial charge in [0.05, 0.1) is 18.0 Å². The van der Waals surface area contributed by atoms with Gasteiger partial charge < -0.3 is 16.4 Å². The summed E-state index contributed by atoms with van der Waals surface area (Å²) >= 11 is 0. The first-order chi connectivity index (χ1) is 12.7. The molecule has 3 rings (SSSR count). The number of nitrogens with zero attached hydrogens (tertiary/aromatic N) is 5. The largest absolute Gasteiger partial charge is 0.372 e. The van der Waals surface area contributed by atoms with Crippen LogP contribution >= 0.6 is 0 Å². The number of fused-ring (bicyclic) bond motifs is 1. The molecule has 0 atom stereocenters. The lowest BCUT2D eigenvalue weighted by Gasteiger charge is -2.13. The molecule has 2 aromatic heterocycles. The molecule has 3 heterocycles. The van der Waals surface area contributed by atoms with E-state index in [9.17, 15) is 5.26 Å². The molecule has 0 saturated carbocycles. The summed E-state index contributed by atoms with van der Waals surface area (Å²) in [5, 5.41) is 20.5. The van der Waals surface area contributed by atoms with E-state index in [1.54, 1.807) is 11.6 Å². The molecule has 1 aliphatic rings. The predicted octanol–water partition coefficient (Wildman–Crippen LogP) is 1.90. The van der Waals surface area contributed by atoms with Crippen molar-refractivity contribution in [2.24, 2.45) is 10.7 Å². The smallest absolute Gasteiger partial charge is 0.163 e. The highest BCUT2D eigenvalue weighted by Gasteiger charge is 2.19. The van der Waals surface area contributed by atoms with Gasteiger partial charge >= 0.3 is 0 Å². The Balaban J connectivity index is 0.00000117. The summed E-state index contributed by atoms with van der Waals surface area (Å²) in [6, 6.07) is 2.24. The normalized spacial score (nSPS) is 12.8. The Kier molecular flexibility index (Phi) is 6.69. The number of aryl methyl sites for hydroxylation is 2. The van der Waals surface area contributed by atoms with E-state index in [0.717, 1.165) is 42.0 Å². The van der Waals surface area contributed by atoms with Crippen LogP contribution in [0.3, 0.4) is 0 Å². The topological polar surface area (TPSA) is 116 Å². The molecule has 2 aromatic rings. The van der Waals surface area contributed by atoms with Crippen molar-refractivity contribution < 1.29 is 0 Å². The third-order valence-corrected chi connectivity index (χ3v) is 4.12. The van der Waals surface area contributed by atoms with E-state index in [2.05, 4.69) is 50.5 Å². The van der Waals surface area contributed by atoms with Gasteiger partial charge in [0.2, 0.25) is 0 Å². The van der Waals surface area contributed by atoms with Gasteiger partial charge in [0.15, 0.2) is 17.3 Å². The highest BCUT2D eigenvalue weighted by molar-refractivity contribution is 5.98. The number of hydrogen-bond acceptors (Lipinski definition) is 7. The molecule has 26 heavy (non-hydrogen) atoms. The molecule has 138 valence electrons. The summed E-state index contributed by atoms with van der Waals surface area (Å²) in [4.78, 5) is 9.14. The summed E-state index contributed by atoms with van der Waals surface area (Å²) in [6.07, 6.45) is 5.95. The van der Waals surface area contributed by atoms with Crippen molar-refractivity contribution >= 4 is 23.0 Å². The molecule has 8 nitrogen and oxygen atoms in total. The van der Waals surface area contributed by atoms with Gasteiger partial charge in [0.25, 0.3) is 0 Å². The van der Waals surface area contributed by atoms with Gasteiger partial charge in [-0.3, -0.25) is 4.99 Å². The quantitative estimate of drug-likeness (QED) is 0.755. The minimum Gasteiger partial charge on any atom is -0.372 e. The van der Waals surface area contributed by atoms with Crippen LogP contribution in [-0.4, -0.2) is 47.5 Å². The van der Waals surface area contributed by atoms with Gasteiger partial charge in [-0.25, -0.2) is 4.98 Å². The molecule has 0 amide bonds. The van der Waals surface area contributed by atoms with Crippen molar-refractivity contribution in [1.29, 1.82) is 5.26 Å². The number of nitrogens with two attached hydrogens (primary N) is 1. The van der Waals surface area contributed by atoms with Gasteiger partial charge in [-0.05, 0) is 32.9 Å². The molecule has 0 aromatic carbocycles. The average molecular weight is 354 g/mol. The highest BCUT2D eigenvalue weighted by atomic mass is 15.3. The van der Waals surface area contributed by atoms with Crippen LogP contribution in [-0.2, 0) is 6.42 Å². The van der Waals surface area contributed by atoms with Crippen molar-refractivity contribution in [1.82, 2.24) is 14.6 Å². The summed E-state index contributed by atoms with van der Waals surface area (Å²) < 4.78 is 1.72. The molecular formula is C18H26N8. The van der Waals surface area contributed by atoms with Crippen LogP contribution in [0.4, 0.5) is 11.6 Å². The number of nitriles is 1. The second kappa shape index (κ2) is 8.97. The van der Waals surface area contributed by atoms with Gasteiger partial charge in [0.1, 0.15) is 11.6 Å². The van der Waals surface area contributed by atoms with E-state index in [-0.39, 0.29) is 0 Å². The molecule has 0 radical (unpaired) electrons. The van der Waals surface area contributed by atoms with E-state index < -0.39 is 0 Å². The van der Waals surface area contributed by atoms with Crippen molar-refractivity contribution in [3.63, 3.8) is 0 Å². The molecule has 0 bridgehead atoms. The fourth-order valence-corrected chi connectivity index (χ4v) is 2.92. The molecule has 8 heteroatoms. The van der Waals surface area contributed by atoms with Crippen LogP contribution in [0.15, 0.2) is 17.1 Å². The van der Waals surface area contributed by atoms with E-state index in [4.69, 9.17) is 0 Å². The van der Waals surface area contributed by atoms with Crippen LogP contribution in [0.2, 0.25) is 0 Å². The van der Waals surface area contributed by atoms with Crippen molar-refractivity contribution in [2.45, 2.75) is 26.7 Å². The Morgan fingerprint density at radius 3 is 2.73 bits per heavy atom. The van der Waals surface area contributed by atoms with Crippen molar-refractivity contribution in [2.75, 3.05) is 37.8 Å². The monoisotopic (exact) mass is 354 g/mol. The summed E-state index contributed by atoms with van der Waals surface area (Å²) in [7, 11) is 3.29. The van der Waals surface area contributed by atoms with Crippen molar-refractivity contribution in [3.05, 3.63) is 29.0 Å². The number of aromatic nitrogens is 3. The number of anilines is 2. The molecule has 0 saturated heterocycles. The zero-order valence-corrected chi connectivity index (χ0v) is 15.8. The fraction of sp³-hybridized carbons (Fsp3) is 0.444. The minimum atomic E-state index is 0.454. The Hall–Kier alpha value is -2.92. The Bertz CT molecular complexity index is 870. The molecule has 0 fully saturated rings. The third kappa shape index (κ3) is 3.68. The van der Waals surface area contributed by atoms with E-state index in [1.807, 2.05) is 13.0 Å². The van der Waals surface area contributed by atoms with E-state index in [1.165, 1.54) is 7.05 Å². The van der Waals surface area contributed by atoms with Crippen LogP contribution in [0.25, 0.3) is 5.65 Å². The van der Waals surface area contributed by atoms with Crippen LogP contribution < -0.4 is 16.4 Å². The zero-order valence-electron chi connectivity index (χ0n) is 15.8. The van der Waals surface area contributed by atoms with Gasteiger partial charge in [-0.2, -0.15) is 14.9 Å². The Morgan fingerprint density at radius 2 is 2.15 bits per heavy atom. The average Bonchev–Trinajstić information content (AvgIpc) is 3.01. The molecule has 1 aliphatic heterocycles. The maximum atomic E-state index is 9.60. The Morgan fingerprint density at radius 1 is 1.38 bits per heavy atom. The Labute approximate surface area is 153 Å². The lowest BCUT2D eigenvalue weighted by molar-refractivity contribution is 0.917. The van der Waals surface area contributed by atoms with Gasteiger partial charge in [0, 0.05) is 19.2 Å². The summed E-state index contributed by atoms with van der Waals surface area (Å²) in [5.41, 5.74) is 8.73. The zero-order chi connectivity index (χ0) is 19.1. The molecule has 0 spiro atoms. The maximum absolute atomic E-state index is 9.60. The van der Waals surface area contributed by atoms with E-state index >= 15 is 0 Å². The predicted molar refractivity (Wildman–Crippen MR) is 106 cm³/mol. The van der Waals surface area contributed by atoms with Crippen LogP contribution in [0.1, 0.15) is 30.2 Å². The first kappa shape index (κ1) is 19.4. The molecule has 0 aliphatic carbocycles. The van der Waals surface area contributed by atoms with Crippen LogP contribution in [0.5, 0.6) is 0 Å². The number of dihydropyridines is 1. The van der Waals surface area contributed by atoms with Crippen LogP contribution in [0, 0.1) is 18.3 Å². The van der Waals surface area contributed by atoms with Crippen molar-refractivity contribution in [3.8, 4) is 6.07 Å². The number of rotatable bonds is 5. The SMILES string of the molecule is CCc1c(C)nn2c(NC)c(C#N)c(NCC3=NCCC=C3)nc12.CN. The maximum Gasteiger partial charge on any atom is 0.163 e. The molecule has 4 N–H and O–H groups in total. The minimum absolute atomic E-state index is 0.454. The lowest BCUT2D eigenvalue weighted by atomic mass is 10.2. The first-order valence-corrected chi connectivity index (χ1v) is 8.71. The third-order valence-electron chi connectivity index (χ3n) is 4.12. The molecule has 0 unspecified atom stereocenters. The van der Waals surface area contributed by atoms with E-state index in [0.29, 0.717) is 23.7 Å². The standard InChI is InChI=1S/C17H21N7.CH5N/c1-4-13-11(2)23-24-16(19-3)14(9-18)15(22-17(13)24)21-10-12-7-5-6-8-20-12;1-2/h5,7,19H,4,6,8,10H2,1-3H3,(H,21,22);2H2,1H3. The first-order valence-electron chi connectivity index (χ1n) is 8.71. The number of nitrogens with one attached hydrogen (secondary N) is 2. The number of aliphatic imine (C=N–C) groups is 1. The van der Waals surface area contributed by atoms with Gasteiger partial charge in [-0.1, -0.05) is 13.0 Å². The summed E-state index contributed by atoms with van der Waals surface area (Å²) in [5.74, 6) is 1.21. The molecular weight excluding hydrogens is 328 g/mol. The fourth-order valence-electron chi connectivity index (χ4n) is 2.92. The number of hydrogen-bond donors (Lipinski definition) is 3. The van der Waals surface area contributed by atoms with Gasteiger partial charge in [-0.15, -0.1) is 0 Å². The second-order valence-corrected chi connectivity index (χ2v) is 5.62.